The summed E-state index contributed by atoms with van der Waals surface area (Å²) in [5, 5.41) is -0.327. The van der Waals surface area contributed by atoms with E-state index in [1.165, 1.54) is 0 Å². The van der Waals surface area contributed by atoms with E-state index in [-0.39, 0.29) is 10.00 Å². The number of rotatable bonds is 3. The summed E-state index contributed by atoms with van der Waals surface area (Å²) in [6.07, 6.45) is 5.59. The maximum Gasteiger partial charge on any atom is 0.155 e. The van der Waals surface area contributed by atoms with Crippen LogP contribution in [0.3, 0.4) is 0 Å². The predicted molar refractivity (Wildman–Crippen MR) is 79.0 cm³/mol. The summed E-state index contributed by atoms with van der Waals surface area (Å²) in [4.78, 5) is 0. The summed E-state index contributed by atoms with van der Waals surface area (Å²) in [6.45, 7) is 5.76. The van der Waals surface area contributed by atoms with E-state index < -0.39 is 26.4 Å². The van der Waals surface area contributed by atoms with E-state index in [2.05, 4.69) is 4.72 Å². The molecule has 1 aliphatic heterocycles. The fraction of sp³-hybridized carbons (Fsp3) is 1.00. The van der Waals surface area contributed by atoms with Crippen LogP contribution < -0.4 is 4.72 Å². The van der Waals surface area contributed by atoms with Crippen molar-refractivity contribution in [2.75, 3.05) is 5.75 Å². The second-order valence-corrected chi connectivity index (χ2v) is 11.1. The molecule has 1 saturated heterocycles. The third-order valence-corrected chi connectivity index (χ3v) is 8.38. The molecule has 19 heavy (non-hydrogen) atoms. The third kappa shape index (κ3) is 3.05. The molecule has 2 fully saturated rings. The Hall–Kier alpha value is 0.0600. The lowest BCUT2D eigenvalue weighted by Gasteiger charge is -2.47. The van der Waals surface area contributed by atoms with Gasteiger partial charge >= 0.3 is 0 Å². The minimum Gasteiger partial charge on any atom is -0.242 e. The third-order valence-electron chi connectivity index (χ3n) is 4.31. The predicted octanol–water partition coefficient (Wildman–Crippen LogP) is 1.93. The van der Waals surface area contributed by atoms with Crippen LogP contribution in [0.2, 0.25) is 0 Å². The Morgan fingerprint density at radius 1 is 1.16 bits per heavy atom. The van der Waals surface area contributed by atoms with Gasteiger partial charge in [-0.05, 0) is 40.0 Å². The van der Waals surface area contributed by atoms with Gasteiger partial charge in [-0.2, -0.15) is 0 Å². The van der Waals surface area contributed by atoms with E-state index in [0.717, 1.165) is 38.5 Å². The minimum absolute atomic E-state index is 0.295. The van der Waals surface area contributed by atoms with Gasteiger partial charge < -0.3 is 0 Å². The van der Waals surface area contributed by atoms with Crippen LogP contribution in [-0.4, -0.2) is 33.9 Å². The Balaban J connectivity index is 2.23. The first kappa shape index (κ1) is 15.4. The second kappa shape index (κ2) is 5.11. The first-order chi connectivity index (χ1) is 8.67. The molecule has 0 aromatic rings. The molecular formula is C13H25NO3S2. The van der Waals surface area contributed by atoms with Crippen LogP contribution >= 0.6 is 0 Å². The highest BCUT2D eigenvalue weighted by molar-refractivity contribution is 7.93. The molecule has 0 bridgehead atoms. The molecule has 1 N–H and O–H groups in total. The van der Waals surface area contributed by atoms with Gasteiger partial charge in [-0.15, -0.1) is 0 Å². The number of hydrogen-bond donors (Lipinski definition) is 1. The van der Waals surface area contributed by atoms with Crippen LogP contribution in [0, 0.1) is 0 Å². The molecular weight excluding hydrogens is 282 g/mol. The van der Waals surface area contributed by atoms with Gasteiger partial charge in [-0.25, -0.2) is 17.3 Å². The molecule has 0 spiro atoms. The molecule has 6 heteroatoms. The first-order valence-electron chi connectivity index (χ1n) is 7.09. The molecule has 1 aliphatic carbocycles. The average Bonchev–Trinajstić information content (AvgIpc) is 2.27. The van der Waals surface area contributed by atoms with Crippen molar-refractivity contribution in [2.24, 2.45) is 0 Å². The van der Waals surface area contributed by atoms with Gasteiger partial charge in [-0.3, -0.25) is 0 Å². The number of hydrogen-bond acceptors (Lipinski definition) is 3. The van der Waals surface area contributed by atoms with Gasteiger partial charge in [0, 0.05) is 5.54 Å². The lowest BCUT2D eigenvalue weighted by molar-refractivity contribution is 0.245. The number of sulfone groups is 1. The van der Waals surface area contributed by atoms with E-state index in [1.807, 2.05) is 20.8 Å². The smallest absolute Gasteiger partial charge is 0.155 e. The summed E-state index contributed by atoms with van der Waals surface area (Å²) in [5.41, 5.74) is -0.451. The molecule has 2 atom stereocenters. The molecule has 0 unspecified atom stereocenters. The van der Waals surface area contributed by atoms with Crippen LogP contribution in [0.1, 0.15) is 59.3 Å². The Labute approximate surface area is 119 Å². The van der Waals surface area contributed by atoms with Crippen LogP contribution in [-0.2, 0) is 20.8 Å². The van der Waals surface area contributed by atoms with E-state index in [0.29, 0.717) is 5.75 Å². The van der Waals surface area contributed by atoms with Crippen molar-refractivity contribution in [1.82, 2.24) is 4.72 Å². The van der Waals surface area contributed by atoms with E-state index in [9.17, 15) is 12.6 Å². The molecule has 0 aromatic carbocycles. The van der Waals surface area contributed by atoms with Crippen LogP contribution in [0.4, 0.5) is 0 Å². The van der Waals surface area contributed by atoms with Crippen molar-refractivity contribution < 1.29 is 12.6 Å². The molecule has 1 heterocycles. The molecule has 0 radical (unpaired) electrons. The molecule has 2 aliphatic rings. The summed E-state index contributed by atoms with van der Waals surface area (Å²) < 4.78 is 39.3. The van der Waals surface area contributed by atoms with Crippen LogP contribution in [0.25, 0.3) is 0 Å². The lowest BCUT2D eigenvalue weighted by atomic mass is 9.79. The minimum atomic E-state index is -2.97. The number of nitrogens with one attached hydrogen (secondary N) is 1. The summed E-state index contributed by atoms with van der Waals surface area (Å²) in [5.74, 6) is 0.295. The average molecular weight is 307 g/mol. The topological polar surface area (TPSA) is 63.2 Å². The molecule has 0 amide bonds. The molecule has 112 valence electrons. The van der Waals surface area contributed by atoms with Crippen LogP contribution in [0.15, 0.2) is 0 Å². The Morgan fingerprint density at radius 2 is 1.74 bits per heavy atom. The highest BCUT2D eigenvalue weighted by atomic mass is 32.2. The quantitative estimate of drug-likeness (QED) is 0.866. The van der Waals surface area contributed by atoms with Gasteiger partial charge in [0.05, 0.1) is 26.7 Å². The summed E-state index contributed by atoms with van der Waals surface area (Å²) in [6, 6.07) is 0. The van der Waals surface area contributed by atoms with Crippen molar-refractivity contribution in [1.29, 1.82) is 0 Å². The standard InChI is InChI=1S/C13H25NO3S2/c1-12(2,3)18(15)14-13(8-5-4-6-9-13)11-7-10-19(11,16)17/h11,14H,4-10H2,1-3H3/t11-,18-/m0/s1. The SMILES string of the molecule is CC(C)(C)[S@](=O)NC1([C@@H]2CCS2(=O)=O)CCCCC1. The van der Waals surface area contributed by atoms with E-state index >= 15 is 0 Å². The van der Waals surface area contributed by atoms with Crippen LogP contribution in [0.5, 0.6) is 0 Å². The maximum absolute atomic E-state index is 12.4. The van der Waals surface area contributed by atoms with Crippen molar-refractivity contribution in [3.63, 3.8) is 0 Å². The monoisotopic (exact) mass is 307 g/mol. The summed E-state index contributed by atoms with van der Waals surface area (Å²) >= 11 is 0. The Kier molecular flexibility index (Phi) is 4.16. The Morgan fingerprint density at radius 3 is 2.11 bits per heavy atom. The maximum atomic E-state index is 12.4. The molecule has 0 aromatic heterocycles. The second-order valence-electron chi connectivity index (χ2n) is 6.84. The van der Waals surface area contributed by atoms with Gasteiger partial charge in [0.1, 0.15) is 0 Å². The molecule has 1 saturated carbocycles. The highest BCUT2D eigenvalue weighted by Crippen LogP contribution is 2.41. The highest BCUT2D eigenvalue weighted by Gasteiger charge is 2.52. The van der Waals surface area contributed by atoms with Gasteiger partial charge in [0.15, 0.2) is 9.84 Å². The Bertz CT molecular complexity index is 459. The van der Waals surface area contributed by atoms with Gasteiger partial charge in [-0.1, -0.05) is 19.3 Å². The lowest BCUT2D eigenvalue weighted by Crippen LogP contribution is -2.64. The van der Waals surface area contributed by atoms with Gasteiger partial charge in [0.25, 0.3) is 0 Å². The van der Waals surface area contributed by atoms with E-state index in [4.69, 9.17) is 0 Å². The zero-order valence-corrected chi connectivity index (χ0v) is 13.7. The molecule has 4 nitrogen and oxygen atoms in total. The van der Waals surface area contributed by atoms with Crippen molar-refractivity contribution >= 4 is 20.8 Å². The van der Waals surface area contributed by atoms with Gasteiger partial charge in [0.2, 0.25) is 0 Å². The van der Waals surface area contributed by atoms with Crippen molar-refractivity contribution in [3.05, 3.63) is 0 Å². The fourth-order valence-corrected chi connectivity index (χ4v) is 5.99. The normalized spacial score (nSPS) is 31.4. The van der Waals surface area contributed by atoms with Crippen molar-refractivity contribution in [2.45, 2.75) is 74.8 Å². The summed E-state index contributed by atoms with van der Waals surface area (Å²) in [7, 11) is -4.18. The zero-order chi connectivity index (χ0) is 14.3. The largest absolute Gasteiger partial charge is 0.242 e. The fourth-order valence-electron chi connectivity index (χ4n) is 3.06. The molecule has 2 rings (SSSR count). The van der Waals surface area contributed by atoms with Crippen molar-refractivity contribution in [3.8, 4) is 0 Å². The van der Waals surface area contributed by atoms with E-state index in [1.54, 1.807) is 0 Å². The zero-order valence-electron chi connectivity index (χ0n) is 12.1. The first-order valence-corrected chi connectivity index (χ1v) is 9.95.